The van der Waals surface area contributed by atoms with E-state index >= 15 is 0 Å². The maximum Gasteiger partial charge on any atom is 0.405 e. The van der Waals surface area contributed by atoms with E-state index in [1.54, 1.807) is 53.8 Å². The summed E-state index contributed by atoms with van der Waals surface area (Å²) in [5, 5.41) is 4.48. The molecule has 2 aromatic rings. The van der Waals surface area contributed by atoms with Crippen molar-refractivity contribution in [3.05, 3.63) is 54.1 Å². The first kappa shape index (κ1) is 19.5. The van der Waals surface area contributed by atoms with Crippen molar-refractivity contribution >= 4 is 17.5 Å². The van der Waals surface area contributed by atoms with Gasteiger partial charge in [0.25, 0.3) is 5.91 Å². The summed E-state index contributed by atoms with van der Waals surface area (Å²) in [5.41, 5.74) is 0.982. The normalized spacial score (nSPS) is 15.6. The molecule has 9 heteroatoms. The lowest BCUT2D eigenvalue weighted by Gasteiger charge is -2.25. The lowest BCUT2D eigenvalue weighted by atomic mass is 10.1. The fourth-order valence-electron chi connectivity index (χ4n) is 2.52. The predicted molar refractivity (Wildman–Crippen MR) is 94.2 cm³/mol. The zero-order chi connectivity index (χ0) is 20.1. The highest BCUT2D eigenvalue weighted by molar-refractivity contribution is 5.94. The van der Waals surface area contributed by atoms with Crippen molar-refractivity contribution in [1.82, 2.24) is 5.32 Å². The van der Waals surface area contributed by atoms with Crippen molar-refractivity contribution in [2.75, 3.05) is 18.5 Å². The van der Waals surface area contributed by atoms with Gasteiger partial charge in [-0.15, -0.1) is 0 Å². The van der Waals surface area contributed by atoms with Crippen molar-refractivity contribution < 1.29 is 32.2 Å². The minimum absolute atomic E-state index is 0.0697. The number of amides is 2. The van der Waals surface area contributed by atoms with E-state index in [2.05, 4.69) is 5.32 Å². The molecule has 0 spiro atoms. The van der Waals surface area contributed by atoms with Gasteiger partial charge in [-0.2, -0.15) is 13.2 Å². The molecule has 0 bridgehead atoms. The molecule has 1 unspecified atom stereocenters. The van der Waals surface area contributed by atoms with Crippen LogP contribution in [0.5, 0.6) is 11.5 Å². The van der Waals surface area contributed by atoms with E-state index in [9.17, 15) is 22.8 Å². The molecular weight excluding hydrogens is 377 g/mol. The molecule has 3 rings (SSSR count). The second-order valence-electron chi connectivity index (χ2n) is 6.12. The van der Waals surface area contributed by atoms with Crippen LogP contribution in [0.1, 0.15) is 5.56 Å². The number of fused-ring (bicyclic) bond motifs is 1. The van der Waals surface area contributed by atoms with Crippen molar-refractivity contribution in [2.24, 2.45) is 0 Å². The first-order valence-electron chi connectivity index (χ1n) is 8.42. The molecule has 0 saturated heterocycles. The van der Waals surface area contributed by atoms with E-state index in [0.29, 0.717) is 22.7 Å². The summed E-state index contributed by atoms with van der Waals surface area (Å²) in [4.78, 5) is 23.9. The molecule has 148 valence electrons. The average molecular weight is 394 g/mol. The molecule has 2 aromatic carbocycles. The van der Waals surface area contributed by atoms with Gasteiger partial charge in [0.05, 0.1) is 6.42 Å². The fourth-order valence-corrected chi connectivity index (χ4v) is 2.52. The van der Waals surface area contributed by atoms with E-state index in [4.69, 9.17) is 9.47 Å². The van der Waals surface area contributed by atoms with E-state index in [1.165, 1.54) is 0 Å². The second kappa shape index (κ2) is 8.20. The smallest absolute Gasteiger partial charge is 0.405 e. The molecule has 6 nitrogen and oxygen atoms in total. The molecule has 0 fully saturated rings. The number of anilines is 1. The molecule has 0 saturated carbocycles. The molecule has 0 aromatic heterocycles. The Morgan fingerprint density at radius 3 is 2.39 bits per heavy atom. The monoisotopic (exact) mass is 394 g/mol. The number of halogens is 3. The minimum Gasteiger partial charge on any atom is -0.485 e. The van der Waals surface area contributed by atoms with Crippen LogP contribution in [0.15, 0.2) is 48.5 Å². The number of alkyl halides is 3. The van der Waals surface area contributed by atoms with Gasteiger partial charge in [-0.25, -0.2) is 0 Å². The zero-order valence-corrected chi connectivity index (χ0v) is 14.6. The molecule has 0 radical (unpaired) electrons. The summed E-state index contributed by atoms with van der Waals surface area (Å²) < 4.78 is 47.4. The predicted octanol–water partition coefficient (Wildman–Crippen LogP) is 2.69. The van der Waals surface area contributed by atoms with Crippen LogP contribution in [0, 0.1) is 0 Å². The Morgan fingerprint density at radius 2 is 1.71 bits per heavy atom. The molecule has 1 aliphatic rings. The Labute approximate surface area is 158 Å². The summed E-state index contributed by atoms with van der Waals surface area (Å²) in [6.45, 7) is -1.30. The third-order valence-electron chi connectivity index (χ3n) is 3.87. The van der Waals surface area contributed by atoms with Crippen LogP contribution in [-0.2, 0) is 16.0 Å². The number of para-hydroxylation sites is 2. The number of nitrogens with one attached hydrogen (secondary N) is 2. The Balaban J connectivity index is 1.51. The zero-order valence-electron chi connectivity index (χ0n) is 14.6. The van der Waals surface area contributed by atoms with Gasteiger partial charge >= 0.3 is 6.18 Å². The van der Waals surface area contributed by atoms with E-state index in [-0.39, 0.29) is 13.0 Å². The Bertz CT molecular complexity index is 853. The van der Waals surface area contributed by atoms with Crippen molar-refractivity contribution in [3.8, 4) is 11.5 Å². The number of hydrogen-bond donors (Lipinski definition) is 2. The molecular formula is C19H17F3N2O4. The number of rotatable bonds is 5. The second-order valence-corrected chi connectivity index (χ2v) is 6.12. The first-order valence-corrected chi connectivity index (χ1v) is 8.42. The molecule has 1 atom stereocenters. The van der Waals surface area contributed by atoms with Crippen molar-refractivity contribution in [1.29, 1.82) is 0 Å². The van der Waals surface area contributed by atoms with Crippen LogP contribution >= 0.6 is 0 Å². The van der Waals surface area contributed by atoms with Crippen molar-refractivity contribution in [3.63, 3.8) is 0 Å². The summed E-state index contributed by atoms with van der Waals surface area (Å²) in [5.74, 6) is -0.0838. The maximum absolute atomic E-state index is 12.3. The highest BCUT2D eigenvalue weighted by Gasteiger charge is 2.28. The molecule has 0 aliphatic carbocycles. The van der Waals surface area contributed by atoms with E-state index < -0.39 is 30.6 Å². The average Bonchev–Trinajstić information content (AvgIpc) is 2.67. The van der Waals surface area contributed by atoms with Gasteiger partial charge in [0.15, 0.2) is 11.5 Å². The number of carbonyl (C=O) groups is 2. The summed E-state index contributed by atoms with van der Waals surface area (Å²) in [6.07, 6.45) is -5.46. The van der Waals surface area contributed by atoms with E-state index in [1.807, 2.05) is 0 Å². The van der Waals surface area contributed by atoms with Gasteiger partial charge in [-0.1, -0.05) is 24.3 Å². The maximum atomic E-state index is 12.3. The third kappa shape index (κ3) is 5.38. The molecule has 1 heterocycles. The van der Waals surface area contributed by atoms with Gasteiger partial charge in [0.1, 0.15) is 13.2 Å². The van der Waals surface area contributed by atoms with Gasteiger partial charge in [-0.05, 0) is 29.8 Å². The number of carbonyl (C=O) groups excluding carboxylic acids is 2. The molecule has 2 amide bonds. The number of benzene rings is 2. The lowest BCUT2D eigenvalue weighted by Crippen LogP contribution is -2.40. The third-order valence-corrected chi connectivity index (χ3v) is 3.87. The minimum atomic E-state index is -4.45. The Hall–Kier alpha value is -3.23. The van der Waals surface area contributed by atoms with Crippen LogP contribution < -0.4 is 20.1 Å². The Morgan fingerprint density at radius 1 is 1.04 bits per heavy atom. The molecule has 1 aliphatic heterocycles. The number of ether oxygens (including phenoxy) is 2. The fraction of sp³-hybridized carbons (Fsp3) is 0.263. The van der Waals surface area contributed by atoms with Crippen LogP contribution in [0.4, 0.5) is 18.9 Å². The van der Waals surface area contributed by atoms with Gasteiger partial charge < -0.3 is 20.1 Å². The van der Waals surface area contributed by atoms with Crippen LogP contribution in [-0.4, -0.2) is 37.2 Å². The highest BCUT2D eigenvalue weighted by Crippen LogP contribution is 2.31. The van der Waals surface area contributed by atoms with Gasteiger partial charge in [-0.3, -0.25) is 9.59 Å². The van der Waals surface area contributed by atoms with Gasteiger partial charge in [0, 0.05) is 5.69 Å². The topological polar surface area (TPSA) is 76.7 Å². The highest BCUT2D eigenvalue weighted by atomic mass is 19.4. The standard InChI is InChI=1S/C19H17F3N2O4/c20-19(21,22)11-23-17(25)9-12-5-7-13(8-6-12)24-18(26)16-10-27-14-3-1-2-4-15(14)28-16/h1-8,16H,9-11H2,(H,23,25)(H,24,26). The molecule has 28 heavy (non-hydrogen) atoms. The number of hydrogen-bond acceptors (Lipinski definition) is 4. The molecule has 2 N–H and O–H groups in total. The van der Waals surface area contributed by atoms with Crippen LogP contribution in [0.3, 0.4) is 0 Å². The summed E-state index contributed by atoms with van der Waals surface area (Å²) in [6, 6.07) is 13.2. The first-order chi connectivity index (χ1) is 13.3. The lowest BCUT2D eigenvalue weighted by molar-refractivity contribution is -0.138. The summed E-state index contributed by atoms with van der Waals surface area (Å²) >= 11 is 0. The quantitative estimate of drug-likeness (QED) is 0.818. The van der Waals surface area contributed by atoms with E-state index in [0.717, 1.165) is 0 Å². The SMILES string of the molecule is O=C(Cc1ccc(NC(=O)C2COc3ccccc3O2)cc1)NCC(F)(F)F. The van der Waals surface area contributed by atoms with Crippen LogP contribution in [0.25, 0.3) is 0 Å². The Kier molecular flexibility index (Phi) is 5.72. The summed E-state index contributed by atoms with van der Waals surface area (Å²) in [7, 11) is 0. The van der Waals surface area contributed by atoms with Gasteiger partial charge in [0.2, 0.25) is 12.0 Å². The largest absolute Gasteiger partial charge is 0.485 e. The van der Waals surface area contributed by atoms with Crippen LogP contribution in [0.2, 0.25) is 0 Å². The van der Waals surface area contributed by atoms with Crippen molar-refractivity contribution in [2.45, 2.75) is 18.7 Å².